The highest BCUT2D eigenvalue weighted by molar-refractivity contribution is 7.80. The van der Waals surface area contributed by atoms with E-state index in [2.05, 4.69) is 15.3 Å². The largest absolute Gasteiger partial charge is 0.384 e. The van der Waals surface area contributed by atoms with Gasteiger partial charge in [-0.25, -0.2) is 0 Å². The molecule has 0 aliphatic carbocycles. The third kappa shape index (κ3) is 2.98. The third-order valence-corrected chi connectivity index (χ3v) is 2.97. The predicted octanol–water partition coefficient (Wildman–Crippen LogP) is 1.12. The molecule has 0 radical (unpaired) electrons. The van der Waals surface area contributed by atoms with Crippen LogP contribution in [-0.2, 0) is 0 Å². The fourth-order valence-corrected chi connectivity index (χ4v) is 2.05. The number of hydrogen-bond donors (Lipinski definition) is 4. The van der Waals surface area contributed by atoms with Crippen molar-refractivity contribution in [1.82, 2.24) is 15.3 Å². The van der Waals surface area contributed by atoms with Crippen LogP contribution in [0.2, 0.25) is 0 Å². The normalized spacial score (nSPS) is 10.0. The quantitative estimate of drug-likeness (QED) is 0.623. The van der Waals surface area contributed by atoms with Gasteiger partial charge in [-0.05, 0) is 24.4 Å². The highest BCUT2D eigenvalue weighted by atomic mass is 32.1. The molecule has 20 heavy (non-hydrogen) atoms. The van der Waals surface area contributed by atoms with Crippen LogP contribution in [0.4, 0.5) is 5.82 Å². The Morgan fingerprint density at radius 1 is 1.20 bits per heavy atom. The van der Waals surface area contributed by atoms with E-state index in [9.17, 15) is 9.59 Å². The molecule has 0 bridgehead atoms. The number of hydrogen-bond acceptors (Lipinski definition) is 5. The molecule has 5 N–H and O–H groups in total. The lowest BCUT2D eigenvalue weighted by Crippen LogP contribution is -2.34. The van der Waals surface area contributed by atoms with Gasteiger partial charge in [-0.1, -0.05) is 30.4 Å². The first-order chi connectivity index (χ1) is 9.49. The lowest BCUT2D eigenvalue weighted by Gasteiger charge is -2.08. The summed E-state index contributed by atoms with van der Waals surface area (Å²) in [7, 11) is 0. The summed E-state index contributed by atoms with van der Waals surface area (Å²) < 4.78 is 0.0911. The van der Waals surface area contributed by atoms with E-state index in [1.165, 1.54) is 0 Å². The summed E-state index contributed by atoms with van der Waals surface area (Å²) in [4.78, 5) is 28.6. The van der Waals surface area contributed by atoms with Gasteiger partial charge in [0.15, 0.2) is 4.77 Å². The summed E-state index contributed by atoms with van der Waals surface area (Å²) >= 11 is 9.80. The molecule has 0 fully saturated rings. The number of H-pyrrole nitrogens is 2. The standard InChI is InChI=1S/C12H10N4O2S2/c13-8-7(10(18)16-12(20)14-8)11(19)15-9(17)6-4-2-1-3-5-6/h1-5H,(H,15,17,19)(H4,13,14,16,18,20). The van der Waals surface area contributed by atoms with Gasteiger partial charge >= 0.3 is 0 Å². The van der Waals surface area contributed by atoms with E-state index >= 15 is 0 Å². The zero-order valence-corrected chi connectivity index (χ0v) is 11.7. The molecule has 0 aliphatic heterocycles. The number of rotatable bonds is 2. The average molecular weight is 306 g/mol. The summed E-state index contributed by atoms with van der Waals surface area (Å²) in [6.07, 6.45) is 0. The first-order valence-corrected chi connectivity index (χ1v) is 6.33. The molecule has 1 aromatic heterocycles. The molecule has 6 nitrogen and oxygen atoms in total. The summed E-state index contributed by atoms with van der Waals surface area (Å²) in [6, 6.07) is 8.49. The molecule has 1 aromatic carbocycles. The predicted molar refractivity (Wildman–Crippen MR) is 82.3 cm³/mol. The molecule has 2 aromatic rings. The summed E-state index contributed by atoms with van der Waals surface area (Å²) in [5.41, 5.74) is 5.51. The highest BCUT2D eigenvalue weighted by Gasteiger charge is 2.15. The number of nitrogen functional groups attached to an aromatic ring is 1. The van der Waals surface area contributed by atoms with E-state index in [1.54, 1.807) is 30.3 Å². The van der Waals surface area contributed by atoms with Gasteiger partial charge in [0.2, 0.25) is 0 Å². The highest BCUT2D eigenvalue weighted by Crippen LogP contribution is 2.04. The maximum atomic E-state index is 11.9. The lowest BCUT2D eigenvalue weighted by atomic mass is 10.2. The average Bonchev–Trinajstić information content (AvgIpc) is 2.38. The number of carbonyl (C=O) groups is 1. The van der Waals surface area contributed by atoms with Crippen LogP contribution in [0.3, 0.4) is 0 Å². The van der Waals surface area contributed by atoms with Crippen LogP contribution in [0.15, 0.2) is 35.1 Å². The minimum atomic E-state index is -0.551. The monoisotopic (exact) mass is 306 g/mol. The number of nitrogens with two attached hydrogens (primary N) is 1. The number of benzene rings is 1. The van der Waals surface area contributed by atoms with Crippen molar-refractivity contribution in [1.29, 1.82) is 0 Å². The first kappa shape index (κ1) is 14.1. The molecule has 0 saturated heterocycles. The second kappa shape index (κ2) is 5.76. The summed E-state index contributed by atoms with van der Waals surface area (Å²) in [5.74, 6) is -0.408. The van der Waals surface area contributed by atoms with Crippen molar-refractivity contribution in [2.75, 3.05) is 5.73 Å². The minimum Gasteiger partial charge on any atom is -0.384 e. The second-order valence-electron chi connectivity index (χ2n) is 3.85. The topological polar surface area (TPSA) is 104 Å². The zero-order valence-electron chi connectivity index (χ0n) is 10.1. The van der Waals surface area contributed by atoms with Gasteiger partial charge < -0.3 is 16.0 Å². The molecular formula is C12H10N4O2S2. The van der Waals surface area contributed by atoms with Gasteiger partial charge in [-0.15, -0.1) is 0 Å². The number of carbonyl (C=O) groups excluding carboxylic acids is 1. The Labute approximate surface area is 124 Å². The van der Waals surface area contributed by atoms with Crippen molar-refractivity contribution in [2.24, 2.45) is 0 Å². The SMILES string of the molecule is Nc1[nH]c(=S)[nH]c(=O)c1C(=S)NC(=O)c1ccccc1. The number of anilines is 1. The Kier molecular flexibility index (Phi) is 4.06. The molecule has 0 saturated carbocycles. The van der Waals surface area contributed by atoms with Gasteiger partial charge in [0, 0.05) is 5.56 Å². The smallest absolute Gasteiger partial charge is 0.264 e. The van der Waals surface area contributed by atoms with E-state index in [0.717, 1.165) is 0 Å². The third-order valence-electron chi connectivity index (χ3n) is 2.46. The number of amides is 1. The van der Waals surface area contributed by atoms with E-state index in [-0.39, 0.29) is 21.1 Å². The van der Waals surface area contributed by atoms with Crippen LogP contribution in [0, 0.1) is 4.77 Å². The molecule has 2 rings (SSSR count). The van der Waals surface area contributed by atoms with Crippen molar-refractivity contribution < 1.29 is 4.79 Å². The maximum Gasteiger partial charge on any atom is 0.264 e. The number of thiocarbonyl (C=S) groups is 1. The zero-order chi connectivity index (χ0) is 14.7. The van der Waals surface area contributed by atoms with Crippen LogP contribution in [-0.4, -0.2) is 20.9 Å². The van der Waals surface area contributed by atoms with E-state index in [1.807, 2.05) is 0 Å². The Hall–Kier alpha value is -2.32. The minimum absolute atomic E-state index is 0.0112. The molecule has 102 valence electrons. The van der Waals surface area contributed by atoms with E-state index in [4.69, 9.17) is 30.2 Å². The molecule has 0 aliphatic rings. The number of aromatic nitrogens is 2. The van der Waals surface area contributed by atoms with Gasteiger partial charge in [-0.3, -0.25) is 14.6 Å². The van der Waals surface area contributed by atoms with Gasteiger partial charge in [-0.2, -0.15) is 0 Å². The van der Waals surface area contributed by atoms with Crippen molar-refractivity contribution in [3.05, 3.63) is 56.6 Å². The van der Waals surface area contributed by atoms with E-state index in [0.29, 0.717) is 5.56 Å². The molecule has 1 heterocycles. The Balaban J connectivity index is 2.28. The van der Waals surface area contributed by atoms with Crippen LogP contribution >= 0.6 is 24.4 Å². The molecule has 0 atom stereocenters. The molecule has 1 amide bonds. The molecule has 8 heteroatoms. The lowest BCUT2D eigenvalue weighted by molar-refractivity contribution is 0.0978. The van der Waals surface area contributed by atoms with Crippen molar-refractivity contribution in [2.45, 2.75) is 0 Å². The van der Waals surface area contributed by atoms with Crippen LogP contribution < -0.4 is 16.6 Å². The van der Waals surface area contributed by atoms with Gasteiger partial charge in [0.25, 0.3) is 11.5 Å². The number of aromatic amines is 2. The van der Waals surface area contributed by atoms with Crippen LogP contribution in [0.25, 0.3) is 0 Å². The second-order valence-corrected chi connectivity index (χ2v) is 4.66. The van der Waals surface area contributed by atoms with Crippen LogP contribution in [0.1, 0.15) is 15.9 Å². The molecular weight excluding hydrogens is 296 g/mol. The van der Waals surface area contributed by atoms with Crippen molar-refractivity contribution in [3.8, 4) is 0 Å². The number of nitrogens with one attached hydrogen (secondary N) is 3. The Bertz CT molecular complexity index is 780. The van der Waals surface area contributed by atoms with E-state index < -0.39 is 11.5 Å². The Morgan fingerprint density at radius 3 is 2.45 bits per heavy atom. The molecule has 0 spiro atoms. The van der Waals surface area contributed by atoms with Gasteiger partial charge in [0.1, 0.15) is 16.4 Å². The summed E-state index contributed by atoms with van der Waals surface area (Å²) in [5, 5.41) is 2.45. The summed E-state index contributed by atoms with van der Waals surface area (Å²) in [6.45, 7) is 0. The van der Waals surface area contributed by atoms with Gasteiger partial charge in [0.05, 0.1) is 0 Å². The fraction of sp³-hybridized carbons (Fsp3) is 0. The Morgan fingerprint density at radius 2 is 1.85 bits per heavy atom. The van der Waals surface area contributed by atoms with Crippen molar-refractivity contribution >= 4 is 41.1 Å². The first-order valence-electron chi connectivity index (χ1n) is 5.52. The maximum absolute atomic E-state index is 11.9. The van der Waals surface area contributed by atoms with Crippen molar-refractivity contribution in [3.63, 3.8) is 0 Å². The van der Waals surface area contributed by atoms with Crippen LogP contribution in [0.5, 0.6) is 0 Å². The fourth-order valence-electron chi connectivity index (χ4n) is 1.56. The molecule has 0 unspecified atom stereocenters.